The van der Waals surface area contributed by atoms with Gasteiger partial charge >= 0.3 is 11.9 Å². The van der Waals surface area contributed by atoms with Crippen LogP contribution in [-0.4, -0.2) is 50.0 Å². The summed E-state index contributed by atoms with van der Waals surface area (Å²) >= 11 is 1.22. The molecule has 1 aliphatic heterocycles. The van der Waals surface area contributed by atoms with E-state index in [1.54, 1.807) is 57.4 Å². The van der Waals surface area contributed by atoms with Crippen molar-refractivity contribution in [3.63, 3.8) is 0 Å². The van der Waals surface area contributed by atoms with E-state index in [2.05, 4.69) is 0 Å². The highest BCUT2D eigenvalue weighted by Crippen LogP contribution is 2.36. The van der Waals surface area contributed by atoms with Gasteiger partial charge in [0.2, 0.25) is 0 Å². The maximum Gasteiger partial charge on any atom is 0.344 e. The summed E-state index contributed by atoms with van der Waals surface area (Å²) in [6.45, 7) is 5.82. The average molecular weight is 643 g/mol. The molecule has 1 aromatic heterocycles. The number of rotatable bonds is 12. The van der Waals surface area contributed by atoms with Gasteiger partial charge in [-0.1, -0.05) is 59.9 Å². The Balaban J connectivity index is 1.67. The van der Waals surface area contributed by atoms with E-state index in [-0.39, 0.29) is 31.0 Å². The van der Waals surface area contributed by atoms with E-state index in [1.807, 2.05) is 49.4 Å². The van der Waals surface area contributed by atoms with E-state index >= 15 is 0 Å². The van der Waals surface area contributed by atoms with Crippen LogP contribution < -0.4 is 29.1 Å². The topological polar surface area (TPSA) is 115 Å². The molecule has 10 nitrogen and oxygen atoms in total. The molecule has 0 spiro atoms. The third-order valence-corrected chi connectivity index (χ3v) is 8.00. The minimum Gasteiger partial charge on any atom is -0.497 e. The van der Waals surface area contributed by atoms with Crippen LogP contribution in [-0.2, 0) is 19.1 Å². The van der Waals surface area contributed by atoms with Crippen LogP contribution in [0.1, 0.15) is 43.5 Å². The Kier molecular flexibility index (Phi) is 10.3. The largest absolute Gasteiger partial charge is 0.497 e. The van der Waals surface area contributed by atoms with Crippen LogP contribution in [0.5, 0.6) is 17.2 Å². The van der Waals surface area contributed by atoms with Gasteiger partial charge in [-0.15, -0.1) is 0 Å². The first-order chi connectivity index (χ1) is 22.4. The van der Waals surface area contributed by atoms with E-state index in [4.69, 9.17) is 28.7 Å². The van der Waals surface area contributed by atoms with Crippen molar-refractivity contribution in [2.75, 3.05) is 33.5 Å². The van der Waals surface area contributed by atoms with Gasteiger partial charge in [0.15, 0.2) is 22.9 Å². The lowest BCUT2D eigenvalue weighted by Gasteiger charge is -2.26. The van der Waals surface area contributed by atoms with E-state index in [0.717, 1.165) is 5.56 Å². The van der Waals surface area contributed by atoms with Crippen molar-refractivity contribution in [2.45, 2.75) is 26.8 Å². The second-order valence-electron chi connectivity index (χ2n) is 9.94. The maximum atomic E-state index is 14.2. The zero-order valence-corrected chi connectivity index (χ0v) is 26.8. The number of methoxy groups -OCH3 is 1. The van der Waals surface area contributed by atoms with Crippen LogP contribution in [0.3, 0.4) is 0 Å². The van der Waals surface area contributed by atoms with Crippen molar-refractivity contribution in [1.29, 1.82) is 0 Å². The minimum absolute atomic E-state index is 0.159. The number of thiazole rings is 1. The number of fused-ring (bicyclic) bond motifs is 1. The van der Waals surface area contributed by atoms with Crippen LogP contribution in [0.25, 0.3) is 11.8 Å². The van der Waals surface area contributed by atoms with Gasteiger partial charge < -0.3 is 23.7 Å². The first kappa shape index (κ1) is 32.2. The third-order valence-electron chi connectivity index (χ3n) is 7.02. The molecule has 11 heteroatoms. The molecular formula is C35H34N2O8S. The number of aromatic nitrogens is 1. The smallest absolute Gasteiger partial charge is 0.344 e. The number of hydrogen-bond donors (Lipinski definition) is 0. The van der Waals surface area contributed by atoms with Crippen molar-refractivity contribution >= 4 is 35.0 Å². The van der Waals surface area contributed by atoms with Gasteiger partial charge in [-0.05, 0) is 62.2 Å². The Morgan fingerprint density at radius 3 is 2.30 bits per heavy atom. The Hall–Kier alpha value is -5.16. The van der Waals surface area contributed by atoms with Crippen molar-refractivity contribution in [3.8, 4) is 17.2 Å². The Labute approximate surface area is 269 Å². The quantitative estimate of drug-likeness (QED) is 0.211. The molecule has 0 saturated carbocycles. The Morgan fingerprint density at radius 1 is 0.891 bits per heavy atom. The third kappa shape index (κ3) is 6.89. The van der Waals surface area contributed by atoms with E-state index < -0.39 is 18.0 Å². The van der Waals surface area contributed by atoms with Crippen molar-refractivity contribution < 1.29 is 33.3 Å². The van der Waals surface area contributed by atoms with Crippen molar-refractivity contribution in [2.24, 2.45) is 4.99 Å². The van der Waals surface area contributed by atoms with Gasteiger partial charge in [-0.2, -0.15) is 0 Å². The van der Waals surface area contributed by atoms with E-state index in [0.29, 0.717) is 50.0 Å². The summed E-state index contributed by atoms with van der Waals surface area (Å²) in [7, 11) is 1.57. The first-order valence-corrected chi connectivity index (χ1v) is 15.7. The molecule has 1 atom stereocenters. The molecule has 0 bridgehead atoms. The van der Waals surface area contributed by atoms with E-state index in [9.17, 15) is 14.4 Å². The van der Waals surface area contributed by atoms with E-state index in [1.165, 1.54) is 15.9 Å². The molecule has 4 aromatic rings. The summed E-state index contributed by atoms with van der Waals surface area (Å²) in [5, 5.41) is 0. The standard InChI is InChI=1S/C35H34N2O8S/c1-5-42-27-19-22(13-18-26(27)45-21-29(38)43-6-2)20-28-33(39)37-32(24-14-16-25(41-4)17-15-24)30(34(40)44-7-3)31(36-35(37)46-28)23-11-9-8-10-12-23/h8-20,32H,5-7,21H2,1-4H3/b28-20-/t32-/m0/s1. The summed E-state index contributed by atoms with van der Waals surface area (Å²) < 4.78 is 29.2. The molecule has 0 unspecified atom stereocenters. The number of ether oxygens (including phenoxy) is 5. The van der Waals surface area contributed by atoms with Crippen LogP contribution in [0.2, 0.25) is 0 Å². The van der Waals surface area contributed by atoms with Crippen molar-refractivity contribution in [3.05, 3.63) is 115 Å². The van der Waals surface area contributed by atoms with Crippen LogP contribution >= 0.6 is 11.3 Å². The number of hydrogen-bond acceptors (Lipinski definition) is 10. The Morgan fingerprint density at radius 2 is 1.63 bits per heavy atom. The number of benzene rings is 3. The normalized spacial score (nSPS) is 14.3. The molecule has 0 amide bonds. The SMILES string of the molecule is CCOC(=O)COc1ccc(/C=c2\sc3n(c2=O)[C@@H](c2ccc(OC)cc2)C(C(=O)OCC)=C(c2ccccc2)N=3)cc1OCC. The summed E-state index contributed by atoms with van der Waals surface area (Å²) in [5.41, 5.74) is 2.47. The second kappa shape index (κ2) is 14.7. The number of nitrogens with zero attached hydrogens (tertiary/aromatic N) is 2. The molecule has 2 heterocycles. The monoisotopic (exact) mass is 642 g/mol. The lowest BCUT2D eigenvalue weighted by Crippen LogP contribution is -2.40. The molecule has 5 rings (SSSR count). The summed E-state index contributed by atoms with van der Waals surface area (Å²) in [6, 6.07) is 21.0. The van der Waals surface area contributed by atoms with Crippen LogP contribution in [0.15, 0.2) is 88.2 Å². The predicted molar refractivity (Wildman–Crippen MR) is 174 cm³/mol. The Bertz CT molecular complexity index is 1930. The van der Waals surface area contributed by atoms with Gasteiger partial charge in [0.1, 0.15) is 5.75 Å². The summed E-state index contributed by atoms with van der Waals surface area (Å²) in [4.78, 5) is 45.0. The highest BCUT2D eigenvalue weighted by Gasteiger charge is 2.35. The minimum atomic E-state index is -0.809. The fourth-order valence-electron chi connectivity index (χ4n) is 5.03. The molecule has 46 heavy (non-hydrogen) atoms. The van der Waals surface area contributed by atoms with Gasteiger partial charge in [0.25, 0.3) is 5.56 Å². The van der Waals surface area contributed by atoms with Crippen molar-refractivity contribution in [1.82, 2.24) is 4.57 Å². The number of esters is 2. The second-order valence-corrected chi connectivity index (χ2v) is 10.9. The maximum absolute atomic E-state index is 14.2. The summed E-state index contributed by atoms with van der Waals surface area (Å²) in [6.07, 6.45) is 1.74. The lowest BCUT2D eigenvalue weighted by molar-refractivity contribution is -0.145. The molecule has 238 valence electrons. The molecule has 0 radical (unpaired) electrons. The molecule has 0 N–H and O–H groups in total. The van der Waals surface area contributed by atoms with Gasteiger partial charge in [0, 0.05) is 5.56 Å². The molecule has 0 aliphatic carbocycles. The molecule has 1 aliphatic rings. The fourth-order valence-corrected chi connectivity index (χ4v) is 6.04. The predicted octanol–water partition coefficient (Wildman–Crippen LogP) is 4.28. The molecule has 3 aromatic carbocycles. The highest BCUT2D eigenvalue weighted by atomic mass is 32.1. The average Bonchev–Trinajstić information content (AvgIpc) is 3.38. The number of carbonyl (C=O) groups is 2. The number of carbonyl (C=O) groups excluding carboxylic acids is 2. The van der Waals surface area contributed by atoms with Gasteiger partial charge in [-0.25, -0.2) is 14.6 Å². The fraction of sp³-hybridized carbons (Fsp3) is 0.257. The lowest BCUT2D eigenvalue weighted by atomic mass is 9.93. The van der Waals surface area contributed by atoms with Crippen LogP contribution in [0, 0.1) is 0 Å². The summed E-state index contributed by atoms with van der Waals surface area (Å²) in [5.74, 6) is 0.388. The zero-order chi connectivity index (χ0) is 32.6. The molecule has 0 fully saturated rings. The van der Waals surface area contributed by atoms with Gasteiger partial charge in [-0.3, -0.25) is 9.36 Å². The molecular weight excluding hydrogens is 608 g/mol. The first-order valence-electron chi connectivity index (χ1n) is 14.9. The zero-order valence-electron chi connectivity index (χ0n) is 26.0. The van der Waals surface area contributed by atoms with Gasteiger partial charge in [0.05, 0.1) is 48.8 Å². The highest BCUT2D eigenvalue weighted by molar-refractivity contribution is 7.07. The van der Waals surface area contributed by atoms with Crippen LogP contribution in [0.4, 0.5) is 0 Å². The molecule has 0 saturated heterocycles.